The molecule has 0 aromatic carbocycles. The van der Waals surface area contributed by atoms with Crippen LogP contribution in [0.15, 0.2) is 36.1 Å². The van der Waals surface area contributed by atoms with Crippen molar-refractivity contribution in [1.29, 1.82) is 0 Å². The molecule has 4 nitrogen and oxygen atoms in total. The first-order chi connectivity index (χ1) is 10.3. The average molecular weight is 321 g/mol. The third-order valence-corrected chi connectivity index (χ3v) is 4.30. The molecule has 1 unspecified atom stereocenters. The van der Waals surface area contributed by atoms with Gasteiger partial charge in [0.25, 0.3) is 0 Å². The third kappa shape index (κ3) is 3.43. The molecule has 3 heterocycles. The summed E-state index contributed by atoms with van der Waals surface area (Å²) in [6, 6.07) is 4.02. The molecule has 0 radical (unpaired) electrons. The van der Waals surface area contributed by atoms with Gasteiger partial charge in [0.05, 0.1) is 22.5 Å². The fourth-order valence-corrected chi connectivity index (χ4v) is 3.11. The standard InChI is InChI=1S/C15H17ClN4S/c1-2-5-17-14(13-4-3-11(16)9-18-13)8-12-10-20-6-7-21-15(20)19-12/h3-4,6-7,9-10,14,17H,2,5,8H2,1H3. The molecule has 0 aliphatic rings. The van der Waals surface area contributed by atoms with Gasteiger partial charge in [0.2, 0.25) is 0 Å². The van der Waals surface area contributed by atoms with Crippen molar-refractivity contribution >= 4 is 27.9 Å². The normalized spacial score (nSPS) is 12.9. The maximum atomic E-state index is 5.92. The monoisotopic (exact) mass is 320 g/mol. The summed E-state index contributed by atoms with van der Waals surface area (Å²) in [5.41, 5.74) is 2.08. The Labute approximate surface area is 132 Å². The van der Waals surface area contributed by atoms with Gasteiger partial charge in [-0.15, -0.1) is 11.3 Å². The van der Waals surface area contributed by atoms with E-state index in [4.69, 9.17) is 11.6 Å². The number of pyridine rings is 1. The Bertz CT molecular complexity index is 675. The molecule has 0 aliphatic heterocycles. The van der Waals surface area contributed by atoms with Crippen molar-refractivity contribution in [2.45, 2.75) is 25.8 Å². The van der Waals surface area contributed by atoms with Crippen LogP contribution in [0.25, 0.3) is 4.96 Å². The molecule has 3 rings (SSSR count). The van der Waals surface area contributed by atoms with Crippen LogP contribution in [0.1, 0.15) is 30.8 Å². The predicted molar refractivity (Wildman–Crippen MR) is 87.1 cm³/mol. The summed E-state index contributed by atoms with van der Waals surface area (Å²) >= 11 is 7.57. The molecule has 0 saturated carbocycles. The smallest absolute Gasteiger partial charge is 0.193 e. The lowest BCUT2D eigenvalue weighted by Gasteiger charge is -2.17. The molecule has 0 amide bonds. The molecule has 21 heavy (non-hydrogen) atoms. The fourth-order valence-electron chi connectivity index (χ4n) is 2.28. The van der Waals surface area contributed by atoms with Crippen molar-refractivity contribution in [3.05, 3.63) is 52.5 Å². The van der Waals surface area contributed by atoms with Crippen LogP contribution in [-0.2, 0) is 6.42 Å². The second-order valence-corrected chi connectivity index (χ2v) is 6.25. The highest BCUT2D eigenvalue weighted by Crippen LogP contribution is 2.20. The average Bonchev–Trinajstić information content (AvgIpc) is 3.05. The molecule has 110 valence electrons. The van der Waals surface area contributed by atoms with Gasteiger partial charge in [0.1, 0.15) is 0 Å². The van der Waals surface area contributed by atoms with E-state index in [1.165, 1.54) is 0 Å². The number of aromatic nitrogens is 3. The van der Waals surface area contributed by atoms with Gasteiger partial charge in [-0.1, -0.05) is 18.5 Å². The van der Waals surface area contributed by atoms with E-state index in [-0.39, 0.29) is 6.04 Å². The molecular formula is C15H17ClN4S. The third-order valence-electron chi connectivity index (χ3n) is 3.30. The second kappa shape index (κ2) is 6.56. The summed E-state index contributed by atoms with van der Waals surface area (Å²) in [6.45, 7) is 3.11. The van der Waals surface area contributed by atoms with Gasteiger partial charge in [0, 0.05) is 30.4 Å². The molecule has 1 atom stereocenters. The van der Waals surface area contributed by atoms with Gasteiger partial charge in [-0.3, -0.25) is 9.38 Å². The van der Waals surface area contributed by atoms with E-state index in [9.17, 15) is 0 Å². The molecule has 0 fully saturated rings. The van der Waals surface area contributed by atoms with Gasteiger partial charge >= 0.3 is 0 Å². The second-order valence-electron chi connectivity index (χ2n) is 4.94. The first-order valence-corrected chi connectivity index (χ1v) is 8.28. The Morgan fingerprint density at radius 1 is 1.43 bits per heavy atom. The van der Waals surface area contributed by atoms with Gasteiger partial charge < -0.3 is 5.32 Å². The summed E-state index contributed by atoms with van der Waals surface area (Å²) in [5.74, 6) is 0. The molecule has 6 heteroatoms. The molecule has 0 saturated heterocycles. The van der Waals surface area contributed by atoms with E-state index in [0.717, 1.165) is 35.7 Å². The van der Waals surface area contributed by atoms with E-state index in [2.05, 4.69) is 32.8 Å². The number of hydrogen-bond donors (Lipinski definition) is 1. The van der Waals surface area contributed by atoms with Crippen molar-refractivity contribution in [1.82, 2.24) is 19.7 Å². The minimum absolute atomic E-state index is 0.159. The highest BCUT2D eigenvalue weighted by Gasteiger charge is 2.15. The van der Waals surface area contributed by atoms with E-state index >= 15 is 0 Å². The van der Waals surface area contributed by atoms with Gasteiger partial charge in [-0.2, -0.15) is 0 Å². The fraction of sp³-hybridized carbons (Fsp3) is 0.333. The molecule has 0 bridgehead atoms. The largest absolute Gasteiger partial charge is 0.308 e. The minimum atomic E-state index is 0.159. The number of thiazole rings is 1. The van der Waals surface area contributed by atoms with Crippen LogP contribution in [0, 0.1) is 0 Å². The number of nitrogens with one attached hydrogen (secondary N) is 1. The van der Waals surface area contributed by atoms with E-state index in [1.807, 2.05) is 23.7 Å². The van der Waals surface area contributed by atoms with Crippen LogP contribution < -0.4 is 5.32 Å². The van der Waals surface area contributed by atoms with Crippen molar-refractivity contribution in [3.8, 4) is 0 Å². The molecule has 0 spiro atoms. The number of imidazole rings is 1. The number of fused-ring (bicyclic) bond motifs is 1. The van der Waals surface area contributed by atoms with Crippen LogP contribution in [0.5, 0.6) is 0 Å². The highest BCUT2D eigenvalue weighted by molar-refractivity contribution is 7.15. The van der Waals surface area contributed by atoms with Crippen LogP contribution in [0.4, 0.5) is 0 Å². The zero-order valence-corrected chi connectivity index (χ0v) is 13.4. The molecule has 0 aliphatic carbocycles. The van der Waals surface area contributed by atoms with Gasteiger partial charge in [-0.05, 0) is 25.1 Å². The van der Waals surface area contributed by atoms with E-state index in [1.54, 1.807) is 17.5 Å². The lowest BCUT2D eigenvalue weighted by Crippen LogP contribution is -2.25. The molecule has 3 aromatic rings. The molecule has 1 N–H and O–H groups in total. The topological polar surface area (TPSA) is 42.2 Å². The Hall–Kier alpha value is -1.43. The summed E-state index contributed by atoms with van der Waals surface area (Å²) < 4.78 is 2.06. The van der Waals surface area contributed by atoms with Crippen LogP contribution in [0.3, 0.4) is 0 Å². The van der Waals surface area contributed by atoms with Crippen molar-refractivity contribution in [2.24, 2.45) is 0 Å². The summed E-state index contributed by atoms with van der Waals surface area (Å²) in [7, 11) is 0. The quantitative estimate of drug-likeness (QED) is 0.752. The molecule has 3 aromatic heterocycles. The number of halogens is 1. The summed E-state index contributed by atoms with van der Waals surface area (Å²) in [4.78, 5) is 10.1. The van der Waals surface area contributed by atoms with Crippen molar-refractivity contribution in [2.75, 3.05) is 6.54 Å². The van der Waals surface area contributed by atoms with Gasteiger partial charge in [-0.25, -0.2) is 4.98 Å². The van der Waals surface area contributed by atoms with Crippen LogP contribution in [0.2, 0.25) is 5.02 Å². The van der Waals surface area contributed by atoms with Crippen LogP contribution in [-0.4, -0.2) is 20.9 Å². The Kier molecular flexibility index (Phi) is 4.53. The first-order valence-electron chi connectivity index (χ1n) is 7.02. The predicted octanol–water partition coefficient (Wildman–Crippen LogP) is 3.73. The Morgan fingerprint density at radius 2 is 2.33 bits per heavy atom. The first kappa shape index (κ1) is 14.5. The van der Waals surface area contributed by atoms with E-state index < -0.39 is 0 Å². The van der Waals surface area contributed by atoms with E-state index in [0.29, 0.717) is 5.02 Å². The summed E-state index contributed by atoms with van der Waals surface area (Å²) in [5, 5.41) is 6.24. The lowest BCUT2D eigenvalue weighted by molar-refractivity contribution is 0.514. The zero-order chi connectivity index (χ0) is 14.7. The summed E-state index contributed by atoms with van der Waals surface area (Å²) in [6.07, 6.45) is 7.72. The maximum absolute atomic E-state index is 5.92. The van der Waals surface area contributed by atoms with Crippen molar-refractivity contribution < 1.29 is 0 Å². The zero-order valence-electron chi connectivity index (χ0n) is 11.8. The van der Waals surface area contributed by atoms with Crippen LogP contribution >= 0.6 is 22.9 Å². The Morgan fingerprint density at radius 3 is 3.05 bits per heavy atom. The Balaban J connectivity index is 1.81. The SMILES string of the molecule is CCCNC(Cc1cn2ccsc2n1)c1ccc(Cl)cn1. The minimum Gasteiger partial charge on any atom is -0.308 e. The number of rotatable bonds is 6. The molecular weight excluding hydrogens is 304 g/mol. The number of hydrogen-bond acceptors (Lipinski definition) is 4. The van der Waals surface area contributed by atoms with Crippen molar-refractivity contribution in [3.63, 3.8) is 0 Å². The number of nitrogens with zero attached hydrogens (tertiary/aromatic N) is 3. The lowest BCUT2D eigenvalue weighted by atomic mass is 10.1. The maximum Gasteiger partial charge on any atom is 0.193 e. The van der Waals surface area contributed by atoms with Gasteiger partial charge in [0.15, 0.2) is 4.96 Å². The highest BCUT2D eigenvalue weighted by atomic mass is 35.5.